The number of rotatable bonds is 5. The van der Waals surface area contributed by atoms with E-state index in [2.05, 4.69) is 4.98 Å². The van der Waals surface area contributed by atoms with Gasteiger partial charge >= 0.3 is 0 Å². The topological polar surface area (TPSA) is 70.1 Å². The normalized spacial score (nSPS) is 11.0. The number of amides is 1. The predicted molar refractivity (Wildman–Crippen MR) is 103 cm³/mol. The summed E-state index contributed by atoms with van der Waals surface area (Å²) < 4.78 is 7.77. The molecule has 0 atom stereocenters. The van der Waals surface area contributed by atoms with Crippen LogP contribution in [0, 0.1) is 0 Å². The Morgan fingerprint density at radius 1 is 1.19 bits per heavy atom. The summed E-state index contributed by atoms with van der Waals surface area (Å²) in [6, 6.07) is 17.0. The maximum Gasteiger partial charge on any atom is 0.262 e. The van der Waals surface area contributed by atoms with Gasteiger partial charge in [0.1, 0.15) is 28.6 Å². The molecule has 26 heavy (non-hydrogen) atoms. The van der Waals surface area contributed by atoms with Crippen molar-refractivity contribution >= 4 is 39.9 Å². The van der Waals surface area contributed by atoms with Crippen molar-refractivity contribution in [2.24, 2.45) is 5.73 Å². The number of ether oxygens (including phenoxy) is 1. The Morgan fingerprint density at radius 3 is 2.73 bits per heavy atom. The second kappa shape index (κ2) is 6.82. The highest BCUT2D eigenvalue weighted by Gasteiger charge is 2.17. The monoisotopic (exact) mass is 383 g/mol. The smallest absolute Gasteiger partial charge is 0.262 e. The number of benzene rings is 2. The second-order valence-electron chi connectivity index (χ2n) is 5.66. The first kappa shape index (κ1) is 16.6. The molecule has 0 bridgehead atoms. The van der Waals surface area contributed by atoms with Crippen molar-refractivity contribution in [2.75, 3.05) is 0 Å². The van der Waals surface area contributed by atoms with Gasteiger partial charge in [0.2, 0.25) is 0 Å². The Hall–Kier alpha value is -2.83. The number of thiophene rings is 1. The van der Waals surface area contributed by atoms with Gasteiger partial charge in [-0.05, 0) is 29.8 Å². The van der Waals surface area contributed by atoms with E-state index in [1.165, 1.54) is 11.3 Å². The first-order chi connectivity index (χ1) is 12.6. The summed E-state index contributed by atoms with van der Waals surface area (Å²) in [5, 5.41) is 1.48. The maximum atomic E-state index is 11.8. The summed E-state index contributed by atoms with van der Waals surface area (Å²) in [5.74, 6) is -0.0537. The number of hydrogen-bond acceptors (Lipinski definition) is 4. The third kappa shape index (κ3) is 3.16. The molecule has 4 aromatic rings. The molecule has 130 valence electrons. The molecule has 0 aliphatic rings. The molecule has 2 heterocycles. The number of nitrogens with two attached hydrogens (primary N) is 1. The lowest BCUT2D eigenvalue weighted by Crippen LogP contribution is -2.10. The van der Waals surface area contributed by atoms with Gasteiger partial charge in [0, 0.05) is 11.1 Å². The standard InChI is InChI=1S/C19H14ClN3O2S/c20-13-7-5-12(6-8-13)10-25-16-9-17(26-18(16)19(21)24)23-11-22-14-3-1-2-4-15(14)23/h1-9,11H,10H2,(H2,21,24). The molecule has 2 aromatic heterocycles. The molecule has 0 spiro atoms. The number of carbonyl (C=O) groups excluding carboxylic acids is 1. The summed E-state index contributed by atoms with van der Waals surface area (Å²) in [7, 11) is 0. The maximum absolute atomic E-state index is 11.8. The number of aromatic nitrogens is 2. The van der Waals surface area contributed by atoms with Gasteiger partial charge in [0.05, 0.1) is 11.0 Å². The molecule has 1 amide bonds. The molecule has 2 aromatic carbocycles. The minimum atomic E-state index is -0.517. The van der Waals surface area contributed by atoms with Crippen LogP contribution in [0.2, 0.25) is 5.02 Å². The summed E-state index contributed by atoms with van der Waals surface area (Å²) >= 11 is 7.17. The molecule has 7 heteroatoms. The first-order valence-corrected chi connectivity index (χ1v) is 9.04. The highest BCUT2D eigenvalue weighted by molar-refractivity contribution is 7.16. The van der Waals surface area contributed by atoms with E-state index in [1.54, 1.807) is 18.5 Å². The number of fused-ring (bicyclic) bond motifs is 1. The summed E-state index contributed by atoms with van der Waals surface area (Å²) in [5.41, 5.74) is 8.31. The molecular formula is C19H14ClN3O2S. The molecule has 0 aliphatic carbocycles. The van der Waals surface area contributed by atoms with E-state index in [0.717, 1.165) is 21.6 Å². The second-order valence-corrected chi connectivity index (χ2v) is 7.13. The van der Waals surface area contributed by atoms with E-state index >= 15 is 0 Å². The van der Waals surface area contributed by atoms with E-state index in [-0.39, 0.29) is 0 Å². The molecule has 2 N–H and O–H groups in total. The van der Waals surface area contributed by atoms with Crippen molar-refractivity contribution in [1.82, 2.24) is 9.55 Å². The molecule has 0 radical (unpaired) electrons. The van der Waals surface area contributed by atoms with Crippen LogP contribution in [0.15, 0.2) is 60.9 Å². The fourth-order valence-electron chi connectivity index (χ4n) is 2.64. The highest BCUT2D eigenvalue weighted by Crippen LogP contribution is 2.34. The predicted octanol–water partition coefficient (Wildman–Crippen LogP) is 4.42. The van der Waals surface area contributed by atoms with Gasteiger partial charge in [0.15, 0.2) is 0 Å². The number of carbonyl (C=O) groups is 1. The highest BCUT2D eigenvalue weighted by atomic mass is 35.5. The van der Waals surface area contributed by atoms with Crippen LogP contribution < -0.4 is 10.5 Å². The van der Waals surface area contributed by atoms with Gasteiger partial charge in [-0.15, -0.1) is 11.3 Å². The Kier molecular flexibility index (Phi) is 4.36. The number of halogens is 1. The average molecular weight is 384 g/mol. The molecule has 4 rings (SSSR count). The zero-order chi connectivity index (χ0) is 18.1. The van der Waals surface area contributed by atoms with Gasteiger partial charge in [-0.25, -0.2) is 4.98 Å². The summed E-state index contributed by atoms with van der Waals surface area (Å²) in [4.78, 5) is 16.6. The van der Waals surface area contributed by atoms with Crippen molar-refractivity contribution in [3.63, 3.8) is 0 Å². The fourth-order valence-corrected chi connectivity index (χ4v) is 3.70. The van der Waals surface area contributed by atoms with Crippen molar-refractivity contribution in [1.29, 1.82) is 0 Å². The molecule has 0 unspecified atom stereocenters. The number of primary amides is 1. The average Bonchev–Trinajstić information content (AvgIpc) is 3.25. The molecule has 0 aliphatic heterocycles. The Morgan fingerprint density at radius 2 is 1.96 bits per heavy atom. The van der Waals surface area contributed by atoms with Gasteiger partial charge in [-0.3, -0.25) is 9.36 Å². The van der Waals surface area contributed by atoms with E-state index < -0.39 is 5.91 Å². The first-order valence-electron chi connectivity index (χ1n) is 7.85. The van der Waals surface area contributed by atoms with Crippen LogP contribution in [-0.4, -0.2) is 15.5 Å². The van der Waals surface area contributed by atoms with Crippen LogP contribution in [-0.2, 0) is 6.61 Å². The van der Waals surface area contributed by atoms with Crippen molar-refractivity contribution in [3.8, 4) is 10.8 Å². The number of hydrogen-bond donors (Lipinski definition) is 1. The number of para-hydroxylation sites is 2. The molecule has 5 nitrogen and oxygen atoms in total. The van der Waals surface area contributed by atoms with Crippen LogP contribution in [0.25, 0.3) is 16.0 Å². The van der Waals surface area contributed by atoms with Crippen LogP contribution in [0.4, 0.5) is 0 Å². The number of imidazole rings is 1. The summed E-state index contributed by atoms with van der Waals surface area (Å²) in [6.07, 6.45) is 1.73. The Labute approximate surface area is 158 Å². The third-order valence-electron chi connectivity index (χ3n) is 3.91. The van der Waals surface area contributed by atoms with Gasteiger partial charge < -0.3 is 10.5 Å². The minimum Gasteiger partial charge on any atom is -0.487 e. The van der Waals surface area contributed by atoms with Crippen molar-refractivity contribution in [3.05, 3.63) is 76.4 Å². The lowest BCUT2D eigenvalue weighted by atomic mass is 10.2. The van der Waals surface area contributed by atoms with Crippen LogP contribution >= 0.6 is 22.9 Å². The quantitative estimate of drug-likeness (QED) is 0.554. The van der Waals surface area contributed by atoms with E-state index in [1.807, 2.05) is 47.0 Å². The summed E-state index contributed by atoms with van der Waals surface area (Å²) in [6.45, 7) is 0.318. The number of nitrogens with zero attached hydrogens (tertiary/aromatic N) is 2. The van der Waals surface area contributed by atoms with Gasteiger partial charge in [-0.1, -0.05) is 35.9 Å². The largest absolute Gasteiger partial charge is 0.487 e. The molecular weight excluding hydrogens is 370 g/mol. The van der Waals surface area contributed by atoms with E-state index in [9.17, 15) is 4.79 Å². The van der Waals surface area contributed by atoms with E-state index in [0.29, 0.717) is 22.3 Å². The fraction of sp³-hybridized carbons (Fsp3) is 0.0526. The minimum absolute atomic E-state index is 0.318. The Bertz CT molecular complexity index is 1090. The van der Waals surface area contributed by atoms with Crippen LogP contribution in [0.5, 0.6) is 5.75 Å². The van der Waals surface area contributed by atoms with E-state index in [4.69, 9.17) is 22.1 Å². The third-order valence-corrected chi connectivity index (χ3v) is 5.29. The zero-order valence-corrected chi connectivity index (χ0v) is 15.1. The van der Waals surface area contributed by atoms with Crippen molar-refractivity contribution < 1.29 is 9.53 Å². The van der Waals surface area contributed by atoms with Gasteiger partial charge in [-0.2, -0.15) is 0 Å². The zero-order valence-electron chi connectivity index (χ0n) is 13.6. The van der Waals surface area contributed by atoms with Crippen LogP contribution in [0.3, 0.4) is 0 Å². The lowest BCUT2D eigenvalue weighted by Gasteiger charge is -2.05. The van der Waals surface area contributed by atoms with Crippen molar-refractivity contribution in [2.45, 2.75) is 6.61 Å². The van der Waals surface area contributed by atoms with Gasteiger partial charge in [0.25, 0.3) is 5.91 Å². The van der Waals surface area contributed by atoms with Crippen LogP contribution in [0.1, 0.15) is 15.2 Å². The molecule has 0 saturated carbocycles. The lowest BCUT2D eigenvalue weighted by molar-refractivity contribution is 0.1000. The molecule has 0 fully saturated rings. The SMILES string of the molecule is NC(=O)c1sc(-n2cnc3ccccc32)cc1OCc1ccc(Cl)cc1. The molecule has 0 saturated heterocycles. The Balaban J connectivity index is 1.67.